The quantitative estimate of drug-likeness (QED) is 0.742. The molecule has 1 aliphatic rings. The number of aryl methyl sites for hydroxylation is 2. The first-order chi connectivity index (χ1) is 7.22. The first-order valence-corrected chi connectivity index (χ1v) is 6.88. The number of benzene rings is 1. The molecule has 0 unspecified atom stereocenters. The lowest BCUT2D eigenvalue weighted by atomic mass is 9.90. The van der Waals surface area contributed by atoms with E-state index in [-0.39, 0.29) is 0 Å². The molecule has 1 aliphatic carbocycles. The van der Waals surface area contributed by atoms with Crippen molar-refractivity contribution in [2.75, 3.05) is 0 Å². The van der Waals surface area contributed by atoms with Crippen molar-refractivity contribution in [1.82, 2.24) is 0 Å². The highest BCUT2D eigenvalue weighted by Crippen LogP contribution is 2.33. The van der Waals surface area contributed by atoms with Crippen LogP contribution in [0.4, 0.5) is 0 Å². The Morgan fingerprint density at radius 2 is 1.80 bits per heavy atom. The molecule has 0 saturated heterocycles. The van der Waals surface area contributed by atoms with E-state index in [1.54, 1.807) is 0 Å². The summed E-state index contributed by atoms with van der Waals surface area (Å²) in [5, 5.41) is -0.425. The highest BCUT2D eigenvalue weighted by Gasteiger charge is 2.16. The molecule has 0 aromatic heterocycles. The van der Waals surface area contributed by atoms with Gasteiger partial charge >= 0.3 is 0 Å². The molecule has 1 aromatic rings. The van der Waals surface area contributed by atoms with Crippen LogP contribution in [0.3, 0.4) is 0 Å². The van der Waals surface area contributed by atoms with Gasteiger partial charge in [0, 0.05) is 10.5 Å². The lowest BCUT2D eigenvalue weighted by Crippen LogP contribution is -2.05. The molecule has 0 N–H and O–H groups in total. The second-order valence-corrected chi connectivity index (χ2v) is 5.08. The Morgan fingerprint density at radius 3 is 2.33 bits per heavy atom. The van der Waals surface area contributed by atoms with Gasteiger partial charge in [0.1, 0.15) is 0 Å². The molecular weight excluding hydrogens is 251 g/mol. The molecule has 1 aromatic carbocycles. The summed E-state index contributed by atoms with van der Waals surface area (Å²) < 4.78 is 0. The minimum atomic E-state index is -0.425. The van der Waals surface area contributed by atoms with Crippen molar-refractivity contribution < 1.29 is 4.79 Å². The molecule has 4 heteroatoms. The summed E-state index contributed by atoms with van der Waals surface area (Å²) in [5.41, 5.74) is 3.10. The Kier molecular flexibility index (Phi) is 3.60. The van der Waals surface area contributed by atoms with E-state index < -0.39 is 5.24 Å². The third kappa shape index (κ3) is 2.32. The average molecular weight is 261 g/mol. The smallest absolute Gasteiger partial charge is 0.253 e. The number of carbonyl (C=O) groups is 1. The zero-order valence-electron chi connectivity index (χ0n) is 8.06. The summed E-state index contributed by atoms with van der Waals surface area (Å²) in [6, 6.07) is 3.90. The van der Waals surface area contributed by atoms with E-state index >= 15 is 0 Å². The number of hydrogen-bond donors (Lipinski definition) is 0. The highest BCUT2D eigenvalue weighted by atomic mass is 35.7. The second kappa shape index (κ2) is 4.77. The standard InChI is InChI=1S/C11H10Cl2OS/c12-11(14)9-5-7-3-1-2-4-8(7)6-10(9)15-13/h5-6H,1-4H2. The summed E-state index contributed by atoms with van der Waals surface area (Å²) in [7, 11) is 6.79. The van der Waals surface area contributed by atoms with Crippen LogP contribution in [0, 0.1) is 0 Å². The zero-order chi connectivity index (χ0) is 10.8. The molecular formula is C11H10Cl2OS. The van der Waals surface area contributed by atoms with Gasteiger partial charge in [0.15, 0.2) is 0 Å². The van der Waals surface area contributed by atoms with Crippen molar-refractivity contribution in [1.29, 1.82) is 0 Å². The van der Waals surface area contributed by atoms with E-state index in [0.717, 1.165) is 28.7 Å². The lowest BCUT2D eigenvalue weighted by Gasteiger charge is -2.17. The van der Waals surface area contributed by atoms with Gasteiger partial charge in [-0.2, -0.15) is 0 Å². The van der Waals surface area contributed by atoms with Crippen LogP contribution in [0.2, 0.25) is 0 Å². The molecule has 1 nitrogen and oxygen atoms in total. The van der Waals surface area contributed by atoms with Crippen molar-refractivity contribution in [2.45, 2.75) is 30.6 Å². The maximum absolute atomic E-state index is 11.2. The Hall–Kier alpha value is -0.180. The fraction of sp³-hybridized carbons (Fsp3) is 0.364. The lowest BCUT2D eigenvalue weighted by molar-refractivity contribution is 0.107. The summed E-state index contributed by atoms with van der Waals surface area (Å²) in [4.78, 5) is 12.0. The fourth-order valence-electron chi connectivity index (χ4n) is 1.98. The Balaban J connectivity index is 2.51. The van der Waals surface area contributed by atoms with E-state index in [0.29, 0.717) is 5.56 Å². The first-order valence-electron chi connectivity index (χ1n) is 4.86. The van der Waals surface area contributed by atoms with Gasteiger partial charge in [-0.25, -0.2) is 0 Å². The number of rotatable bonds is 2. The van der Waals surface area contributed by atoms with Crippen LogP contribution in [0.5, 0.6) is 0 Å². The maximum Gasteiger partial charge on any atom is 0.253 e. The fourth-order valence-corrected chi connectivity index (χ4v) is 3.00. The molecule has 0 fully saturated rings. The number of carbonyl (C=O) groups excluding carboxylic acids is 1. The van der Waals surface area contributed by atoms with Crippen molar-refractivity contribution >= 4 is 38.5 Å². The molecule has 0 aliphatic heterocycles. The minimum Gasteiger partial charge on any atom is -0.276 e. The van der Waals surface area contributed by atoms with E-state index in [9.17, 15) is 4.79 Å². The van der Waals surface area contributed by atoms with Crippen LogP contribution >= 0.6 is 33.3 Å². The predicted molar refractivity (Wildman–Crippen MR) is 65.0 cm³/mol. The summed E-state index contributed by atoms with van der Waals surface area (Å²) in [6.45, 7) is 0. The van der Waals surface area contributed by atoms with Gasteiger partial charge in [0.05, 0.1) is 0 Å². The summed E-state index contributed by atoms with van der Waals surface area (Å²) in [5.74, 6) is 0. The Bertz CT molecular complexity index is 404. The van der Waals surface area contributed by atoms with Gasteiger partial charge in [0.2, 0.25) is 0 Å². The second-order valence-electron chi connectivity index (χ2n) is 3.68. The SMILES string of the molecule is O=C(Cl)c1cc2c(cc1SCl)CCCC2. The van der Waals surface area contributed by atoms with E-state index in [1.807, 2.05) is 12.1 Å². The van der Waals surface area contributed by atoms with Gasteiger partial charge < -0.3 is 0 Å². The third-order valence-corrected chi connectivity index (χ3v) is 3.95. The van der Waals surface area contributed by atoms with Crippen LogP contribution in [0.25, 0.3) is 0 Å². The first kappa shape index (κ1) is 11.3. The predicted octanol–water partition coefficient (Wildman–Crippen LogP) is 4.19. The summed E-state index contributed by atoms with van der Waals surface area (Å²) >= 11 is 5.52. The highest BCUT2D eigenvalue weighted by molar-refractivity contribution is 8.21. The topological polar surface area (TPSA) is 17.1 Å². The molecule has 0 heterocycles. The van der Waals surface area contributed by atoms with E-state index in [1.165, 1.54) is 24.0 Å². The molecule has 2 rings (SSSR count). The average Bonchev–Trinajstić information content (AvgIpc) is 2.27. The molecule has 15 heavy (non-hydrogen) atoms. The number of fused-ring (bicyclic) bond motifs is 1. The Labute approximate surface area is 103 Å². The monoisotopic (exact) mass is 260 g/mol. The molecule has 80 valence electrons. The van der Waals surface area contributed by atoms with Crippen molar-refractivity contribution in [3.05, 3.63) is 28.8 Å². The van der Waals surface area contributed by atoms with Crippen LogP contribution in [0.15, 0.2) is 17.0 Å². The molecule has 0 atom stereocenters. The molecule has 0 bridgehead atoms. The van der Waals surface area contributed by atoms with Crippen molar-refractivity contribution in [2.24, 2.45) is 0 Å². The largest absolute Gasteiger partial charge is 0.276 e. The molecule has 0 spiro atoms. The van der Waals surface area contributed by atoms with Crippen LogP contribution < -0.4 is 0 Å². The van der Waals surface area contributed by atoms with Crippen LogP contribution in [-0.2, 0) is 12.8 Å². The molecule has 0 amide bonds. The summed E-state index contributed by atoms with van der Waals surface area (Å²) in [6.07, 6.45) is 4.53. The van der Waals surface area contributed by atoms with Crippen molar-refractivity contribution in [3.63, 3.8) is 0 Å². The van der Waals surface area contributed by atoms with Gasteiger partial charge in [-0.1, -0.05) is 0 Å². The van der Waals surface area contributed by atoms with Gasteiger partial charge in [-0.05, 0) is 82.2 Å². The number of halogens is 2. The van der Waals surface area contributed by atoms with Crippen molar-refractivity contribution in [3.8, 4) is 0 Å². The zero-order valence-corrected chi connectivity index (χ0v) is 10.4. The minimum absolute atomic E-state index is 0.425. The van der Waals surface area contributed by atoms with E-state index in [4.69, 9.17) is 22.3 Å². The van der Waals surface area contributed by atoms with Crippen LogP contribution in [-0.4, -0.2) is 5.24 Å². The van der Waals surface area contributed by atoms with Gasteiger partial charge in [0.25, 0.3) is 5.24 Å². The van der Waals surface area contributed by atoms with Gasteiger partial charge in [-0.15, -0.1) is 0 Å². The number of hydrogen-bond acceptors (Lipinski definition) is 2. The van der Waals surface area contributed by atoms with E-state index in [2.05, 4.69) is 0 Å². The third-order valence-electron chi connectivity index (χ3n) is 2.74. The van der Waals surface area contributed by atoms with Crippen LogP contribution in [0.1, 0.15) is 34.3 Å². The normalized spacial score (nSPS) is 14.8. The molecule has 0 radical (unpaired) electrons. The maximum atomic E-state index is 11.2. The molecule has 0 saturated carbocycles. The van der Waals surface area contributed by atoms with Gasteiger partial charge in [-0.3, -0.25) is 4.79 Å². The Morgan fingerprint density at radius 1 is 1.20 bits per heavy atom.